The zero-order valence-corrected chi connectivity index (χ0v) is 15.1. The molecule has 0 fully saturated rings. The highest BCUT2D eigenvalue weighted by atomic mass is 16.3. The number of nitrogens with one attached hydrogen (secondary N) is 1. The fourth-order valence-corrected chi connectivity index (χ4v) is 3.00. The number of hydrogen-bond acceptors (Lipinski definition) is 3. The summed E-state index contributed by atoms with van der Waals surface area (Å²) in [5, 5.41) is 3.02. The lowest BCUT2D eigenvalue weighted by atomic mass is 10.1. The van der Waals surface area contributed by atoms with Crippen LogP contribution in [0.4, 0.5) is 5.69 Å². The first kappa shape index (κ1) is 17.0. The lowest BCUT2D eigenvalue weighted by Crippen LogP contribution is -2.13. The van der Waals surface area contributed by atoms with Crippen LogP contribution in [0.15, 0.2) is 77.2 Å². The van der Waals surface area contributed by atoms with Crippen LogP contribution >= 0.6 is 0 Å². The highest BCUT2D eigenvalue weighted by molar-refractivity contribution is 5.92. The zero-order chi connectivity index (χ0) is 18.6. The SMILES string of the molecule is Cc1ccc(-c2nc3ccccc3o2)cc1NC(=O)CCc1ccccc1. The molecule has 1 aromatic heterocycles. The highest BCUT2D eigenvalue weighted by Gasteiger charge is 2.11. The number of benzene rings is 3. The average molecular weight is 356 g/mol. The Kier molecular flexibility index (Phi) is 4.71. The molecule has 0 bridgehead atoms. The molecular weight excluding hydrogens is 336 g/mol. The van der Waals surface area contributed by atoms with E-state index >= 15 is 0 Å². The number of nitrogens with zero attached hydrogens (tertiary/aromatic N) is 1. The van der Waals surface area contributed by atoms with Gasteiger partial charge in [-0.25, -0.2) is 4.98 Å². The fraction of sp³-hybridized carbons (Fsp3) is 0.130. The molecule has 1 N–H and O–H groups in total. The van der Waals surface area contributed by atoms with Crippen LogP contribution in [0.2, 0.25) is 0 Å². The van der Waals surface area contributed by atoms with Gasteiger partial charge in [0.2, 0.25) is 11.8 Å². The molecule has 4 heteroatoms. The van der Waals surface area contributed by atoms with Crippen LogP contribution in [0.3, 0.4) is 0 Å². The molecule has 4 nitrogen and oxygen atoms in total. The van der Waals surface area contributed by atoms with E-state index in [2.05, 4.69) is 10.3 Å². The lowest BCUT2D eigenvalue weighted by Gasteiger charge is -2.10. The van der Waals surface area contributed by atoms with Gasteiger partial charge in [0.05, 0.1) is 0 Å². The van der Waals surface area contributed by atoms with Gasteiger partial charge in [-0.1, -0.05) is 48.5 Å². The average Bonchev–Trinajstić information content (AvgIpc) is 3.13. The molecule has 134 valence electrons. The predicted octanol–water partition coefficient (Wildman–Crippen LogP) is 5.37. The van der Waals surface area contributed by atoms with Gasteiger partial charge in [0.1, 0.15) is 5.52 Å². The number of carbonyl (C=O) groups is 1. The van der Waals surface area contributed by atoms with Gasteiger partial charge in [0.25, 0.3) is 0 Å². The Balaban J connectivity index is 1.51. The van der Waals surface area contributed by atoms with Crippen LogP contribution in [-0.2, 0) is 11.2 Å². The molecule has 0 aliphatic rings. The van der Waals surface area contributed by atoms with Gasteiger partial charge in [-0.15, -0.1) is 0 Å². The van der Waals surface area contributed by atoms with Crippen molar-refractivity contribution in [3.05, 3.63) is 83.9 Å². The maximum atomic E-state index is 12.4. The molecule has 0 aliphatic heterocycles. The van der Waals surface area contributed by atoms with Crippen LogP contribution in [0, 0.1) is 6.92 Å². The van der Waals surface area contributed by atoms with E-state index in [1.54, 1.807) is 0 Å². The van der Waals surface area contributed by atoms with E-state index in [0.29, 0.717) is 12.3 Å². The molecule has 0 spiro atoms. The van der Waals surface area contributed by atoms with E-state index in [9.17, 15) is 4.79 Å². The Labute approximate surface area is 157 Å². The number of amides is 1. The summed E-state index contributed by atoms with van der Waals surface area (Å²) in [7, 11) is 0. The molecule has 1 amide bonds. The van der Waals surface area contributed by atoms with Gasteiger partial charge in [0, 0.05) is 17.7 Å². The second-order valence-electron chi connectivity index (χ2n) is 6.55. The minimum absolute atomic E-state index is 0.00308. The summed E-state index contributed by atoms with van der Waals surface area (Å²) in [6.07, 6.45) is 1.16. The van der Waals surface area contributed by atoms with E-state index < -0.39 is 0 Å². The summed E-state index contributed by atoms with van der Waals surface area (Å²) in [6.45, 7) is 1.97. The molecule has 4 aromatic rings. The van der Waals surface area contributed by atoms with Crippen molar-refractivity contribution >= 4 is 22.7 Å². The van der Waals surface area contributed by atoms with Gasteiger partial charge in [-0.2, -0.15) is 0 Å². The monoisotopic (exact) mass is 356 g/mol. The minimum atomic E-state index is -0.00308. The maximum Gasteiger partial charge on any atom is 0.227 e. The summed E-state index contributed by atoms with van der Waals surface area (Å²) in [6, 6.07) is 23.5. The number of anilines is 1. The normalized spacial score (nSPS) is 10.9. The number of hydrogen-bond donors (Lipinski definition) is 1. The van der Waals surface area contributed by atoms with Gasteiger partial charge in [0.15, 0.2) is 5.58 Å². The molecule has 0 radical (unpaired) electrons. The molecule has 0 atom stereocenters. The van der Waals surface area contributed by atoms with Crippen LogP contribution < -0.4 is 5.32 Å². The largest absolute Gasteiger partial charge is 0.436 e. The summed E-state index contributed by atoms with van der Waals surface area (Å²) in [4.78, 5) is 16.9. The smallest absolute Gasteiger partial charge is 0.227 e. The van der Waals surface area contributed by atoms with Crippen molar-refractivity contribution in [1.29, 1.82) is 0 Å². The van der Waals surface area contributed by atoms with E-state index in [4.69, 9.17) is 4.42 Å². The summed E-state index contributed by atoms with van der Waals surface area (Å²) in [5.74, 6) is 0.549. The van der Waals surface area contributed by atoms with Gasteiger partial charge in [-0.05, 0) is 48.7 Å². The third-order valence-corrected chi connectivity index (χ3v) is 4.54. The first-order valence-corrected chi connectivity index (χ1v) is 8.99. The number of oxazole rings is 1. The first-order chi connectivity index (χ1) is 13.2. The Morgan fingerprint density at radius 2 is 1.78 bits per heavy atom. The van der Waals surface area contributed by atoms with Crippen LogP contribution in [-0.4, -0.2) is 10.9 Å². The lowest BCUT2D eigenvalue weighted by molar-refractivity contribution is -0.116. The molecule has 0 unspecified atom stereocenters. The zero-order valence-electron chi connectivity index (χ0n) is 15.1. The third-order valence-electron chi connectivity index (χ3n) is 4.54. The van der Waals surface area contributed by atoms with Crippen molar-refractivity contribution in [2.75, 3.05) is 5.32 Å². The van der Waals surface area contributed by atoms with Gasteiger partial charge >= 0.3 is 0 Å². The predicted molar refractivity (Wildman–Crippen MR) is 108 cm³/mol. The van der Waals surface area contributed by atoms with E-state index in [1.807, 2.05) is 79.7 Å². The number of fused-ring (bicyclic) bond motifs is 1. The molecular formula is C23H20N2O2. The molecule has 4 rings (SSSR count). The van der Waals surface area contributed by atoms with Crippen molar-refractivity contribution in [3.8, 4) is 11.5 Å². The van der Waals surface area contributed by atoms with Gasteiger partial charge in [-0.3, -0.25) is 4.79 Å². The number of aryl methyl sites for hydroxylation is 2. The van der Waals surface area contributed by atoms with E-state index in [-0.39, 0.29) is 5.91 Å². The molecule has 0 aliphatic carbocycles. The topological polar surface area (TPSA) is 55.1 Å². The molecule has 27 heavy (non-hydrogen) atoms. The molecule has 1 heterocycles. The molecule has 0 saturated carbocycles. The Morgan fingerprint density at radius 1 is 1.00 bits per heavy atom. The van der Waals surface area contributed by atoms with Crippen molar-refractivity contribution in [1.82, 2.24) is 4.98 Å². The Bertz CT molecular complexity index is 1050. The van der Waals surface area contributed by atoms with Crippen LogP contribution in [0.1, 0.15) is 17.5 Å². The van der Waals surface area contributed by atoms with Crippen LogP contribution in [0.25, 0.3) is 22.6 Å². The number of carbonyl (C=O) groups excluding carboxylic acids is 1. The van der Waals surface area contributed by atoms with Crippen molar-refractivity contribution in [3.63, 3.8) is 0 Å². The highest BCUT2D eigenvalue weighted by Crippen LogP contribution is 2.28. The first-order valence-electron chi connectivity index (χ1n) is 8.99. The number of aromatic nitrogens is 1. The summed E-state index contributed by atoms with van der Waals surface area (Å²) in [5.41, 5.74) is 5.36. The minimum Gasteiger partial charge on any atom is -0.436 e. The quantitative estimate of drug-likeness (QED) is 0.523. The second kappa shape index (κ2) is 7.46. The Hall–Kier alpha value is -3.40. The van der Waals surface area contributed by atoms with Gasteiger partial charge < -0.3 is 9.73 Å². The van der Waals surface area contributed by atoms with E-state index in [0.717, 1.165) is 39.9 Å². The number of para-hydroxylation sites is 2. The Morgan fingerprint density at radius 3 is 2.59 bits per heavy atom. The molecule has 0 saturated heterocycles. The van der Waals surface area contributed by atoms with Crippen molar-refractivity contribution in [2.24, 2.45) is 0 Å². The number of rotatable bonds is 5. The summed E-state index contributed by atoms with van der Waals surface area (Å²) >= 11 is 0. The molecule has 3 aromatic carbocycles. The van der Waals surface area contributed by atoms with Crippen molar-refractivity contribution < 1.29 is 9.21 Å². The van der Waals surface area contributed by atoms with Crippen molar-refractivity contribution in [2.45, 2.75) is 19.8 Å². The third kappa shape index (κ3) is 3.90. The maximum absolute atomic E-state index is 12.4. The standard InChI is InChI=1S/C23H20N2O2/c1-16-11-13-18(23-25-19-9-5-6-10-21(19)27-23)15-20(16)24-22(26)14-12-17-7-3-2-4-8-17/h2-11,13,15H,12,14H2,1H3,(H,24,26). The summed E-state index contributed by atoms with van der Waals surface area (Å²) < 4.78 is 5.84. The fourth-order valence-electron chi connectivity index (χ4n) is 3.00. The van der Waals surface area contributed by atoms with Crippen LogP contribution in [0.5, 0.6) is 0 Å². The van der Waals surface area contributed by atoms with E-state index in [1.165, 1.54) is 0 Å². The second-order valence-corrected chi connectivity index (χ2v) is 6.55.